The van der Waals surface area contributed by atoms with Crippen LogP contribution in [0.3, 0.4) is 0 Å². The monoisotopic (exact) mass is 294 g/mol. The van der Waals surface area contributed by atoms with E-state index >= 15 is 0 Å². The summed E-state index contributed by atoms with van der Waals surface area (Å²) in [7, 11) is 0. The van der Waals surface area contributed by atoms with Gasteiger partial charge in [-0.25, -0.2) is 0 Å². The van der Waals surface area contributed by atoms with Crippen molar-refractivity contribution in [3.63, 3.8) is 0 Å². The third kappa shape index (κ3) is 4.18. The molecule has 0 spiro atoms. The van der Waals surface area contributed by atoms with Crippen LogP contribution in [0, 0.1) is 11.3 Å². The first-order valence-electron chi connectivity index (χ1n) is 7.14. The summed E-state index contributed by atoms with van der Waals surface area (Å²) in [6.45, 7) is 1.85. The van der Waals surface area contributed by atoms with Gasteiger partial charge in [0.15, 0.2) is 0 Å². The van der Waals surface area contributed by atoms with Crippen LogP contribution in [0.25, 0.3) is 0 Å². The van der Waals surface area contributed by atoms with Crippen LogP contribution in [-0.4, -0.2) is 17.1 Å². The second-order valence-electron chi connectivity index (χ2n) is 5.23. The van der Waals surface area contributed by atoms with Gasteiger partial charge < -0.3 is 10.4 Å². The summed E-state index contributed by atoms with van der Waals surface area (Å²) >= 11 is 0. The molecule has 0 saturated heterocycles. The number of aliphatic hydroxyl groups excluding tert-OH is 1. The summed E-state index contributed by atoms with van der Waals surface area (Å²) in [5.41, 5.74) is 1.72. The lowest BCUT2D eigenvalue weighted by Gasteiger charge is -2.18. The minimum Gasteiger partial charge on any atom is -0.388 e. The van der Waals surface area contributed by atoms with Gasteiger partial charge in [0.1, 0.15) is 0 Å². The quantitative estimate of drug-likeness (QED) is 0.890. The fourth-order valence-corrected chi connectivity index (χ4v) is 2.24. The smallest absolute Gasteiger partial charge is 0.251 e. The number of carbonyl (C=O) groups excluding carboxylic acids is 1. The van der Waals surface area contributed by atoms with E-state index in [0.717, 1.165) is 5.56 Å². The zero-order valence-electron chi connectivity index (χ0n) is 12.4. The average Bonchev–Trinajstić information content (AvgIpc) is 2.55. The van der Waals surface area contributed by atoms with Gasteiger partial charge in [-0.05, 0) is 37.1 Å². The SMILES string of the molecule is C[C@H](C[C@H](O)c1ccccc1)NC(=O)c1cccc(C#N)c1. The highest BCUT2D eigenvalue weighted by molar-refractivity contribution is 5.94. The first-order valence-corrected chi connectivity index (χ1v) is 7.14. The van der Waals surface area contributed by atoms with E-state index in [1.807, 2.05) is 43.3 Å². The van der Waals surface area contributed by atoms with Crippen LogP contribution in [0.15, 0.2) is 54.6 Å². The number of hydrogen-bond acceptors (Lipinski definition) is 3. The molecule has 0 fully saturated rings. The normalized spacial score (nSPS) is 13.0. The van der Waals surface area contributed by atoms with E-state index in [0.29, 0.717) is 17.5 Å². The maximum absolute atomic E-state index is 12.1. The lowest BCUT2D eigenvalue weighted by Crippen LogP contribution is -2.33. The molecule has 0 aliphatic carbocycles. The summed E-state index contributed by atoms with van der Waals surface area (Å²) in [6, 6.07) is 17.7. The maximum atomic E-state index is 12.1. The van der Waals surface area contributed by atoms with Crippen molar-refractivity contribution in [2.75, 3.05) is 0 Å². The van der Waals surface area contributed by atoms with Gasteiger partial charge >= 0.3 is 0 Å². The Bertz CT molecular complexity index is 677. The van der Waals surface area contributed by atoms with Gasteiger partial charge in [0.05, 0.1) is 17.7 Å². The number of nitrogens with one attached hydrogen (secondary N) is 1. The summed E-state index contributed by atoms with van der Waals surface area (Å²) < 4.78 is 0. The zero-order chi connectivity index (χ0) is 15.9. The van der Waals surface area contributed by atoms with Crippen LogP contribution in [0.2, 0.25) is 0 Å². The molecule has 0 radical (unpaired) electrons. The van der Waals surface area contributed by atoms with Crippen LogP contribution in [-0.2, 0) is 0 Å². The number of carbonyl (C=O) groups is 1. The lowest BCUT2D eigenvalue weighted by atomic mass is 10.0. The molecule has 0 unspecified atom stereocenters. The molecule has 0 saturated carbocycles. The van der Waals surface area contributed by atoms with E-state index in [-0.39, 0.29) is 11.9 Å². The lowest BCUT2D eigenvalue weighted by molar-refractivity contribution is 0.0917. The standard InChI is InChI=1S/C18H18N2O2/c1-13(10-17(21)15-7-3-2-4-8-15)20-18(22)16-9-5-6-14(11-16)12-19/h2-9,11,13,17,21H,10H2,1H3,(H,20,22)/t13-,17+/m1/s1. The Morgan fingerprint density at radius 2 is 1.95 bits per heavy atom. The average molecular weight is 294 g/mol. The summed E-state index contributed by atoms with van der Waals surface area (Å²) in [6.07, 6.45) is -0.199. The van der Waals surface area contributed by atoms with Crippen LogP contribution in [0.4, 0.5) is 0 Å². The molecule has 4 nitrogen and oxygen atoms in total. The second-order valence-corrected chi connectivity index (χ2v) is 5.23. The van der Waals surface area contributed by atoms with Crippen molar-refractivity contribution in [3.05, 3.63) is 71.3 Å². The molecule has 2 N–H and O–H groups in total. The number of nitriles is 1. The number of amides is 1. The van der Waals surface area contributed by atoms with Crippen molar-refractivity contribution in [3.8, 4) is 6.07 Å². The fourth-order valence-electron chi connectivity index (χ4n) is 2.24. The highest BCUT2D eigenvalue weighted by Crippen LogP contribution is 2.18. The van der Waals surface area contributed by atoms with Crippen molar-refractivity contribution in [1.82, 2.24) is 5.32 Å². The highest BCUT2D eigenvalue weighted by atomic mass is 16.3. The number of hydrogen-bond donors (Lipinski definition) is 2. The number of aliphatic hydroxyl groups is 1. The van der Waals surface area contributed by atoms with Crippen molar-refractivity contribution in [2.24, 2.45) is 0 Å². The fraction of sp³-hybridized carbons (Fsp3) is 0.222. The van der Waals surface area contributed by atoms with E-state index in [2.05, 4.69) is 5.32 Å². The zero-order valence-corrected chi connectivity index (χ0v) is 12.4. The Hall–Kier alpha value is -2.64. The molecular weight excluding hydrogens is 276 g/mol. The minimum atomic E-state index is -0.623. The third-order valence-electron chi connectivity index (χ3n) is 3.39. The molecule has 0 heterocycles. The van der Waals surface area contributed by atoms with Crippen LogP contribution in [0.1, 0.15) is 40.9 Å². The molecule has 22 heavy (non-hydrogen) atoms. The van der Waals surface area contributed by atoms with Crippen molar-refractivity contribution in [2.45, 2.75) is 25.5 Å². The molecule has 0 bridgehead atoms. The minimum absolute atomic E-state index is 0.187. The van der Waals surface area contributed by atoms with E-state index in [1.165, 1.54) is 0 Å². The third-order valence-corrected chi connectivity index (χ3v) is 3.39. The molecule has 2 rings (SSSR count). The molecule has 2 atom stereocenters. The summed E-state index contributed by atoms with van der Waals surface area (Å²) in [5.74, 6) is -0.245. The molecule has 112 valence electrons. The predicted molar refractivity (Wildman–Crippen MR) is 84.1 cm³/mol. The number of nitrogens with zero attached hydrogens (tertiary/aromatic N) is 1. The van der Waals surface area contributed by atoms with E-state index in [4.69, 9.17) is 5.26 Å². The second kappa shape index (κ2) is 7.39. The molecule has 4 heteroatoms. The highest BCUT2D eigenvalue weighted by Gasteiger charge is 2.15. The van der Waals surface area contributed by atoms with Crippen molar-refractivity contribution in [1.29, 1.82) is 5.26 Å². The molecule has 0 aliphatic heterocycles. The predicted octanol–water partition coefficient (Wildman–Crippen LogP) is 2.80. The molecule has 2 aromatic carbocycles. The molecule has 0 aliphatic rings. The van der Waals surface area contributed by atoms with E-state index < -0.39 is 6.10 Å². The molecule has 0 aromatic heterocycles. The van der Waals surface area contributed by atoms with Gasteiger partial charge in [-0.1, -0.05) is 36.4 Å². The Kier molecular flexibility index (Phi) is 5.29. The number of rotatable bonds is 5. The maximum Gasteiger partial charge on any atom is 0.251 e. The molecule has 2 aromatic rings. The van der Waals surface area contributed by atoms with Gasteiger partial charge in [0.2, 0.25) is 0 Å². The summed E-state index contributed by atoms with van der Waals surface area (Å²) in [4.78, 5) is 12.1. The molecule has 1 amide bonds. The Labute approximate surface area is 130 Å². The Balaban J connectivity index is 1.95. The summed E-state index contributed by atoms with van der Waals surface area (Å²) in [5, 5.41) is 21.9. The van der Waals surface area contributed by atoms with Crippen LogP contribution >= 0.6 is 0 Å². The topological polar surface area (TPSA) is 73.1 Å². The van der Waals surface area contributed by atoms with Gasteiger partial charge in [-0.2, -0.15) is 5.26 Å². The number of benzene rings is 2. The van der Waals surface area contributed by atoms with Gasteiger partial charge in [-0.15, -0.1) is 0 Å². The first kappa shape index (κ1) is 15.7. The van der Waals surface area contributed by atoms with Crippen LogP contribution < -0.4 is 5.32 Å². The van der Waals surface area contributed by atoms with Gasteiger partial charge in [-0.3, -0.25) is 4.79 Å². The molecular formula is C18H18N2O2. The Morgan fingerprint density at radius 1 is 1.23 bits per heavy atom. The largest absolute Gasteiger partial charge is 0.388 e. The van der Waals surface area contributed by atoms with Gasteiger partial charge in [0.25, 0.3) is 5.91 Å². The van der Waals surface area contributed by atoms with Crippen LogP contribution in [0.5, 0.6) is 0 Å². The van der Waals surface area contributed by atoms with Gasteiger partial charge in [0, 0.05) is 11.6 Å². The van der Waals surface area contributed by atoms with E-state index in [9.17, 15) is 9.90 Å². The van der Waals surface area contributed by atoms with Crippen molar-refractivity contribution >= 4 is 5.91 Å². The van der Waals surface area contributed by atoms with Crippen molar-refractivity contribution < 1.29 is 9.90 Å². The first-order chi connectivity index (χ1) is 10.6. The van der Waals surface area contributed by atoms with E-state index in [1.54, 1.807) is 24.3 Å². The Morgan fingerprint density at radius 3 is 2.64 bits per heavy atom.